The Hall–Kier alpha value is -1.48. The Balaban J connectivity index is 1.54. The van der Waals surface area contributed by atoms with E-state index in [0.717, 1.165) is 37.1 Å². The Labute approximate surface area is 161 Å². The van der Waals surface area contributed by atoms with Gasteiger partial charge in [-0.1, -0.05) is 24.3 Å². The second-order valence-electron chi connectivity index (χ2n) is 7.21. The highest BCUT2D eigenvalue weighted by Crippen LogP contribution is 2.17. The van der Waals surface area contributed by atoms with Crippen LogP contribution in [0.1, 0.15) is 30.4 Å². The lowest BCUT2D eigenvalue weighted by Gasteiger charge is -2.26. The van der Waals surface area contributed by atoms with Crippen molar-refractivity contribution >= 4 is 15.9 Å². The maximum absolute atomic E-state index is 12.7. The Morgan fingerprint density at radius 3 is 2.67 bits per heavy atom. The van der Waals surface area contributed by atoms with Crippen molar-refractivity contribution in [1.29, 1.82) is 0 Å². The molecule has 2 fully saturated rings. The molecule has 150 valence electrons. The first-order chi connectivity index (χ1) is 13.0. The number of ether oxygens (including phenoxy) is 1. The average Bonchev–Trinajstić information content (AvgIpc) is 3.20. The average molecular weight is 396 g/mol. The van der Waals surface area contributed by atoms with E-state index in [1.807, 2.05) is 24.3 Å². The van der Waals surface area contributed by atoms with E-state index in [0.29, 0.717) is 45.2 Å². The number of sulfonamides is 1. The zero-order chi connectivity index (χ0) is 19.1. The van der Waals surface area contributed by atoms with Gasteiger partial charge in [0.2, 0.25) is 15.9 Å². The van der Waals surface area contributed by atoms with E-state index in [9.17, 15) is 13.2 Å². The summed E-state index contributed by atoms with van der Waals surface area (Å²) >= 11 is 0. The van der Waals surface area contributed by atoms with Crippen LogP contribution in [0.2, 0.25) is 0 Å². The van der Waals surface area contributed by atoms with Crippen molar-refractivity contribution in [2.24, 2.45) is 5.92 Å². The largest absolute Gasteiger partial charge is 0.379 e. The first-order valence-electron chi connectivity index (χ1n) is 9.64. The van der Waals surface area contributed by atoms with Crippen molar-refractivity contribution in [1.82, 2.24) is 14.9 Å². The Kier molecular flexibility index (Phi) is 7.23. The molecule has 1 amide bonds. The van der Waals surface area contributed by atoms with Gasteiger partial charge in [0.1, 0.15) is 0 Å². The highest BCUT2D eigenvalue weighted by Gasteiger charge is 2.25. The van der Waals surface area contributed by atoms with Crippen molar-refractivity contribution in [3.63, 3.8) is 0 Å². The second kappa shape index (κ2) is 9.64. The smallest absolute Gasteiger partial charge is 0.220 e. The van der Waals surface area contributed by atoms with Crippen LogP contribution >= 0.6 is 0 Å². The molecule has 1 unspecified atom stereocenters. The second-order valence-corrected chi connectivity index (χ2v) is 9.18. The predicted molar refractivity (Wildman–Crippen MR) is 104 cm³/mol. The van der Waals surface area contributed by atoms with Crippen molar-refractivity contribution in [3.05, 3.63) is 35.4 Å². The third kappa shape index (κ3) is 6.00. The van der Waals surface area contributed by atoms with Crippen molar-refractivity contribution < 1.29 is 17.9 Å². The third-order valence-corrected chi connectivity index (χ3v) is 7.07. The number of hydrogen-bond acceptors (Lipinski definition) is 5. The molecule has 2 aliphatic rings. The van der Waals surface area contributed by atoms with Gasteiger partial charge in [0, 0.05) is 26.1 Å². The van der Waals surface area contributed by atoms with Crippen LogP contribution in [0.5, 0.6) is 0 Å². The van der Waals surface area contributed by atoms with E-state index in [1.165, 1.54) is 4.31 Å². The fourth-order valence-electron chi connectivity index (χ4n) is 3.56. The van der Waals surface area contributed by atoms with Crippen molar-refractivity contribution in [2.45, 2.75) is 31.6 Å². The van der Waals surface area contributed by atoms with Gasteiger partial charge in [0.25, 0.3) is 0 Å². The highest BCUT2D eigenvalue weighted by atomic mass is 32.2. The van der Waals surface area contributed by atoms with Crippen LogP contribution in [0.4, 0.5) is 0 Å². The molecule has 0 bridgehead atoms. The minimum Gasteiger partial charge on any atom is -0.379 e. The summed E-state index contributed by atoms with van der Waals surface area (Å²) in [6.45, 7) is 4.07. The molecule has 27 heavy (non-hydrogen) atoms. The molecular weight excluding hydrogens is 366 g/mol. The lowest BCUT2D eigenvalue weighted by Crippen LogP contribution is -2.41. The number of benzene rings is 1. The van der Waals surface area contributed by atoms with Crippen LogP contribution in [-0.2, 0) is 31.9 Å². The van der Waals surface area contributed by atoms with Crippen LogP contribution in [0.15, 0.2) is 24.3 Å². The first-order valence-corrected chi connectivity index (χ1v) is 11.3. The minimum atomic E-state index is -3.39. The molecule has 7 nitrogen and oxygen atoms in total. The number of rotatable bonds is 8. The monoisotopic (exact) mass is 395 g/mol. The summed E-state index contributed by atoms with van der Waals surface area (Å²) in [7, 11) is -3.39. The SMILES string of the molecule is O=C(CCC1CCNC1)NCc1ccccc1CS(=O)(=O)N1CCOCC1. The summed E-state index contributed by atoms with van der Waals surface area (Å²) in [6.07, 6.45) is 2.54. The standard InChI is InChI=1S/C19H29N3O4S/c23-19(6-5-16-7-8-20-13-16)21-14-17-3-1-2-4-18(17)15-27(24,25)22-9-11-26-12-10-22/h1-4,16,20H,5-15H2,(H,21,23). The molecule has 2 saturated heterocycles. The fourth-order valence-corrected chi connectivity index (χ4v) is 5.12. The molecule has 2 heterocycles. The molecule has 1 aromatic rings. The number of carbonyl (C=O) groups excluding carboxylic acids is 1. The van der Waals surface area contributed by atoms with Gasteiger partial charge in [-0.25, -0.2) is 8.42 Å². The zero-order valence-corrected chi connectivity index (χ0v) is 16.5. The highest BCUT2D eigenvalue weighted by molar-refractivity contribution is 7.88. The van der Waals surface area contributed by atoms with Gasteiger partial charge in [-0.05, 0) is 43.0 Å². The van der Waals surface area contributed by atoms with Crippen LogP contribution in [0, 0.1) is 5.92 Å². The number of nitrogens with one attached hydrogen (secondary N) is 2. The molecular formula is C19H29N3O4S. The fraction of sp³-hybridized carbons (Fsp3) is 0.632. The third-order valence-electron chi connectivity index (χ3n) is 5.24. The van der Waals surface area contributed by atoms with E-state index in [1.54, 1.807) is 0 Å². The summed E-state index contributed by atoms with van der Waals surface area (Å²) in [6, 6.07) is 7.41. The van der Waals surface area contributed by atoms with Gasteiger partial charge < -0.3 is 15.4 Å². The molecule has 0 radical (unpaired) electrons. The topological polar surface area (TPSA) is 87.7 Å². The minimum absolute atomic E-state index is 0.0211. The van der Waals surface area contributed by atoms with Crippen LogP contribution in [-0.4, -0.2) is 58.0 Å². The predicted octanol–water partition coefficient (Wildman–Crippen LogP) is 0.855. The molecule has 0 aromatic heterocycles. The molecule has 0 saturated carbocycles. The van der Waals surface area contributed by atoms with E-state index in [4.69, 9.17) is 4.74 Å². The van der Waals surface area contributed by atoms with Gasteiger partial charge in [-0.15, -0.1) is 0 Å². The normalized spacial score (nSPS) is 21.3. The quantitative estimate of drug-likeness (QED) is 0.682. The molecule has 1 aromatic carbocycles. The summed E-state index contributed by atoms with van der Waals surface area (Å²) < 4.78 is 32.1. The molecule has 2 aliphatic heterocycles. The van der Waals surface area contributed by atoms with Gasteiger partial charge in [0.05, 0.1) is 19.0 Å². The lowest BCUT2D eigenvalue weighted by atomic mass is 10.0. The Morgan fingerprint density at radius 1 is 1.22 bits per heavy atom. The first kappa shape index (κ1) is 20.3. The molecule has 0 aliphatic carbocycles. The van der Waals surface area contributed by atoms with Crippen molar-refractivity contribution in [3.8, 4) is 0 Å². The lowest BCUT2D eigenvalue weighted by molar-refractivity contribution is -0.121. The number of hydrogen-bond donors (Lipinski definition) is 2. The molecule has 0 spiro atoms. The Bertz CT molecular complexity index is 726. The van der Waals surface area contributed by atoms with Gasteiger partial charge in [0.15, 0.2) is 0 Å². The number of amides is 1. The van der Waals surface area contributed by atoms with E-state index in [2.05, 4.69) is 10.6 Å². The number of morpholine rings is 1. The molecule has 1 atom stereocenters. The van der Waals surface area contributed by atoms with Gasteiger partial charge in [-0.2, -0.15) is 4.31 Å². The van der Waals surface area contributed by atoms with Crippen molar-refractivity contribution in [2.75, 3.05) is 39.4 Å². The molecule has 3 rings (SSSR count). The van der Waals surface area contributed by atoms with E-state index < -0.39 is 10.0 Å². The molecule has 8 heteroatoms. The zero-order valence-electron chi connectivity index (χ0n) is 15.7. The van der Waals surface area contributed by atoms with Gasteiger partial charge >= 0.3 is 0 Å². The number of nitrogens with zero attached hydrogens (tertiary/aromatic N) is 1. The van der Waals surface area contributed by atoms with Crippen LogP contribution in [0.25, 0.3) is 0 Å². The molecule has 2 N–H and O–H groups in total. The summed E-state index contributed by atoms with van der Waals surface area (Å²) in [5.41, 5.74) is 1.59. The van der Waals surface area contributed by atoms with E-state index in [-0.39, 0.29) is 11.7 Å². The maximum atomic E-state index is 12.7. The Morgan fingerprint density at radius 2 is 1.96 bits per heavy atom. The summed E-state index contributed by atoms with van der Waals surface area (Å²) in [5, 5.41) is 6.25. The van der Waals surface area contributed by atoms with Gasteiger partial charge in [-0.3, -0.25) is 4.79 Å². The summed E-state index contributed by atoms with van der Waals surface area (Å²) in [5.74, 6) is 0.557. The maximum Gasteiger partial charge on any atom is 0.220 e. The van der Waals surface area contributed by atoms with Crippen LogP contribution < -0.4 is 10.6 Å². The van der Waals surface area contributed by atoms with E-state index >= 15 is 0 Å². The number of carbonyl (C=O) groups is 1. The van der Waals surface area contributed by atoms with Crippen LogP contribution in [0.3, 0.4) is 0 Å². The summed E-state index contributed by atoms with van der Waals surface area (Å²) in [4.78, 5) is 12.1.